The molecule has 0 heterocycles. The fraction of sp³-hybridized carbons (Fsp3) is 0.679. The van der Waals surface area contributed by atoms with E-state index in [2.05, 4.69) is 33.8 Å². The van der Waals surface area contributed by atoms with Gasteiger partial charge in [0.15, 0.2) is 0 Å². The molecular weight excluding hydrogens is 368 g/mol. The van der Waals surface area contributed by atoms with E-state index in [-0.39, 0.29) is 17.5 Å². The lowest BCUT2D eigenvalue weighted by molar-refractivity contribution is -0.0572. The van der Waals surface area contributed by atoms with Gasteiger partial charge in [-0.3, -0.25) is 0 Å². The fourth-order valence-electron chi connectivity index (χ4n) is 8.30. The van der Waals surface area contributed by atoms with Crippen LogP contribution >= 0.6 is 0 Å². The van der Waals surface area contributed by atoms with Crippen LogP contribution in [-0.2, 0) is 4.74 Å². The zero-order valence-corrected chi connectivity index (χ0v) is 19.2. The maximum atomic E-state index is 12.7. The van der Waals surface area contributed by atoms with Gasteiger partial charge in [0.1, 0.15) is 6.10 Å². The van der Waals surface area contributed by atoms with Crippen molar-refractivity contribution < 1.29 is 9.53 Å². The van der Waals surface area contributed by atoms with E-state index in [4.69, 9.17) is 4.74 Å². The Morgan fingerprint density at radius 2 is 1.77 bits per heavy atom. The summed E-state index contributed by atoms with van der Waals surface area (Å²) in [5.74, 6) is 1.98. The van der Waals surface area contributed by atoms with Crippen LogP contribution in [0.3, 0.4) is 0 Å². The van der Waals surface area contributed by atoms with Gasteiger partial charge in [-0.1, -0.05) is 64.0 Å². The summed E-state index contributed by atoms with van der Waals surface area (Å²) in [7, 11) is 0. The van der Waals surface area contributed by atoms with Gasteiger partial charge in [0.05, 0.1) is 5.56 Å². The highest BCUT2D eigenvalue weighted by atomic mass is 16.5. The first-order valence-corrected chi connectivity index (χ1v) is 12.2. The SMILES string of the molecule is CC1(C)CCC[C@@]2(C)C1CC=C1[C@@H]3C[C@H](OC(=O)c4ccccc4)C[C@@]3(C)CC[C@@H]12. The summed E-state index contributed by atoms with van der Waals surface area (Å²) in [6, 6.07) is 9.48. The van der Waals surface area contributed by atoms with Crippen molar-refractivity contribution in [2.75, 3.05) is 0 Å². The predicted octanol–water partition coefficient (Wildman–Crippen LogP) is 7.20. The minimum absolute atomic E-state index is 0.0562. The summed E-state index contributed by atoms with van der Waals surface area (Å²) in [6.45, 7) is 10.1. The molecule has 0 bridgehead atoms. The molecule has 3 fully saturated rings. The van der Waals surface area contributed by atoms with Crippen LogP contribution in [0.5, 0.6) is 0 Å². The molecule has 0 aromatic heterocycles. The van der Waals surface area contributed by atoms with Crippen molar-refractivity contribution in [3.8, 4) is 0 Å². The number of benzene rings is 1. The Bertz CT molecular complexity index is 853. The van der Waals surface area contributed by atoms with Gasteiger partial charge in [-0.05, 0) is 91.1 Å². The molecule has 3 saturated carbocycles. The van der Waals surface area contributed by atoms with E-state index in [1.807, 2.05) is 30.3 Å². The van der Waals surface area contributed by atoms with Crippen molar-refractivity contribution in [1.82, 2.24) is 0 Å². The van der Waals surface area contributed by atoms with E-state index < -0.39 is 0 Å². The van der Waals surface area contributed by atoms with Gasteiger partial charge < -0.3 is 4.74 Å². The Morgan fingerprint density at radius 3 is 2.53 bits per heavy atom. The summed E-state index contributed by atoms with van der Waals surface area (Å²) >= 11 is 0. The standard InChI is InChI=1S/C28H38O2/c1-26(2)14-8-15-28(4)22-13-16-27(3)18-20(17-23(27)21(22)11-12-24(26)28)30-25(29)19-9-6-5-7-10-19/h5-7,9-11,20,22-24H,8,12-18H2,1-4H3/t20-,22-,23-,24?,27+,28+/m0/s1. The molecule has 6 atom stereocenters. The highest BCUT2D eigenvalue weighted by Crippen LogP contribution is 2.67. The molecular formula is C28H38O2. The Labute approximate surface area is 182 Å². The largest absolute Gasteiger partial charge is 0.459 e. The van der Waals surface area contributed by atoms with Gasteiger partial charge in [-0.15, -0.1) is 0 Å². The molecule has 4 aliphatic rings. The minimum Gasteiger partial charge on any atom is -0.459 e. The van der Waals surface area contributed by atoms with E-state index >= 15 is 0 Å². The van der Waals surface area contributed by atoms with Crippen molar-refractivity contribution in [2.45, 2.75) is 85.2 Å². The molecule has 0 N–H and O–H groups in total. The Kier molecular flexibility index (Phi) is 4.73. The van der Waals surface area contributed by atoms with E-state index in [9.17, 15) is 4.79 Å². The Morgan fingerprint density at radius 1 is 1.00 bits per heavy atom. The second-order valence-electron chi connectivity index (χ2n) is 12.0. The molecule has 1 aromatic rings. The van der Waals surface area contributed by atoms with Crippen LogP contribution in [0.25, 0.3) is 0 Å². The van der Waals surface area contributed by atoms with Gasteiger partial charge in [-0.25, -0.2) is 4.79 Å². The maximum Gasteiger partial charge on any atom is 0.338 e. The highest BCUT2D eigenvalue weighted by Gasteiger charge is 2.58. The van der Waals surface area contributed by atoms with Gasteiger partial charge in [-0.2, -0.15) is 0 Å². The van der Waals surface area contributed by atoms with Crippen molar-refractivity contribution in [2.24, 2.45) is 34.0 Å². The van der Waals surface area contributed by atoms with Crippen molar-refractivity contribution in [3.05, 3.63) is 47.5 Å². The molecule has 30 heavy (non-hydrogen) atoms. The van der Waals surface area contributed by atoms with Crippen molar-refractivity contribution in [3.63, 3.8) is 0 Å². The van der Waals surface area contributed by atoms with Crippen LogP contribution in [0, 0.1) is 34.0 Å². The normalized spacial score (nSPS) is 41.8. The minimum atomic E-state index is -0.155. The summed E-state index contributed by atoms with van der Waals surface area (Å²) in [5.41, 5.74) is 3.60. The summed E-state index contributed by atoms with van der Waals surface area (Å²) in [5, 5.41) is 0. The molecule has 5 rings (SSSR count). The number of rotatable bonds is 2. The third kappa shape index (κ3) is 3.09. The molecule has 2 nitrogen and oxygen atoms in total. The summed E-state index contributed by atoms with van der Waals surface area (Å²) < 4.78 is 6.03. The van der Waals surface area contributed by atoms with Gasteiger partial charge in [0, 0.05) is 0 Å². The average molecular weight is 407 g/mol. The Hall–Kier alpha value is -1.57. The number of hydrogen-bond donors (Lipinski definition) is 0. The average Bonchev–Trinajstić information content (AvgIpc) is 3.04. The molecule has 0 saturated heterocycles. The summed E-state index contributed by atoms with van der Waals surface area (Å²) in [6.07, 6.45) is 12.7. The van der Waals surface area contributed by atoms with Crippen LogP contribution in [0.15, 0.2) is 42.0 Å². The van der Waals surface area contributed by atoms with Gasteiger partial charge >= 0.3 is 5.97 Å². The summed E-state index contributed by atoms with van der Waals surface area (Å²) in [4.78, 5) is 12.7. The number of fused-ring (bicyclic) bond motifs is 5. The second kappa shape index (κ2) is 6.97. The van der Waals surface area contributed by atoms with E-state index in [0.29, 0.717) is 22.3 Å². The molecule has 0 radical (unpaired) electrons. The first kappa shape index (κ1) is 20.3. The lowest BCUT2D eigenvalue weighted by Crippen LogP contribution is -2.51. The zero-order chi connectivity index (χ0) is 21.1. The quantitative estimate of drug-likeness (QED) is 0.383. The molecule has 0 aliphatic heterocycles. The van der Waals surface area contributed by atoms with Crippen molar-refractivity contribution in [1.29, 1.82) is 0 Å². The van der Waals surface area contributed by atoms with E-state index in [0.717, 1.165) is 24.7 Å². The molecule has 1 aromatic carbocycles. The Balaban J connectivity index is 1.38. The zero-order valence-electron chi connectivity index (χ0n) is 19.2. The molecule has 1 unspecified atom stereocenters. The smallest absolute Gasteiger partial charge is 0.338 e. The van der Waals surface area contributed by atoms with Crippen LogP contribution < -0.4 is 0 Å². The number of carbonyl (C=O) groups is 1. The van der Waals surface area contributed by atoms with Crippen LogP contribution in [0.2, 0.25) is 0 Å². The van der Waals surface area contributed by atoms with Crippen LogP contribution in [0.4, 0.5) is 0 Å². The topological polar surface area (TPSA) is 26.3 Å². The van der Waals surface area contributed by atoms with E-state index in [1.165, 1.54) is 38.5 Å². The molecule has 2 heteroatoms. The molecule has 0 amide bonds. The maximum absolute atomic E-state index is 12.7. The predicted molar refractivity (Wildman–Crippen MR) is 121 cm³/mol. The van der Waals surface area contributed by atoms with Gasteiger partial charge in [0.25, 0.3) is 0 Å². The molecule has 0 spiro atoms. The monoisotopic (exact) mass is 406 g/mol. The fourth-order valence-corrected chi connectivity index (χ4v) is 8.30. The number of carbonyl (C=O) groups excluding carboxylic acids is 1. The number of hydrogen-bond acceptors (Lipinski definition) is 2. The van der Waals surface area contributed by atoms with Gasteiger partial charge in [0.2, 0.25) is 0 Å². The van der Waals surface area contributed by atoms with Crippen LogP contribution in [0.1, 0.15) is 89.4 Å². The highest BCUT2D eigenvalue weighted by molar-refractivity contribution is 5.89. The first-order chi connectivity index (χ1) is 14.2. The number of allylic oxidation sites excluding steroid dienone is 2. The molecule has 162 valence electrons. The third-order valence-corrected chi connectivity index (χ3v) is 9.79. The molecule has 4 aliphatic carbocycles. The lowest BCUT2D eigenvalue weighted by Gasteiger charge is -2.60. The van der Waals surface area contributed by atoms with Crippen molar-refractivity contribution >= 4 is 5.97 Å². The first-order valence-electron chi connectivity index (χ1n) is 12.2. The number of esters is 1. The third-order valence-electron chi connectivity index (χ3n) is 9.79. The number of ether oxygens (including phenoxy) is 1. The lowest BCUT2D eigenvalue weighted by atomic mass is 9.44. The van der Waals surface area contributed by atoms with Crippen LogP contribution in [-0.4, -0.2) is 12.1 Å². The second-order valence-corrected chi connectivity index (χ2v) is 12.0. The van der Waals surface area contributed by atoms with E-state index in [1.54, 1.807) is 5.57 Å².